The van der Waals surface area contributed by atoms with Crippen LogP contribution in [-0.2, 0) is 22.1 Å². The molecule has 0 bridgehead atoms. The van der Waals surface area contributed by atoms with Crippen molar-refractivity contribution in [2.45, 2.75) is 24.1 Å². The number of hydrogen-bond donors (Lipinski definition) is 1. The fourth-order valence-electron chi connectivity index (χ4n) is 2.19. The molecule has 0 unspecified atom stereocenters. The summed E-state index contributed by atoms with van der Waals surface area (Å²) in [6, 6.07) is 6.00. The van der Waals surface area contributed by atoms with Crippen LogP contribution in [0.15, 0.2) is 33.6 Å². The third kappa shape index (κ3) is 3.77. The minimum absolute atomic E-state index is 0.0204. The molecule has 0 fully saturated rings. The molecule has 0 radical (unpaired) electrons. The molecule has 1 aromatic heterocycles. The molecule has 0 saturated heterocycles. The molecule has 8 nitrogen and oxygen atoms in total. The summed E-state index contributed by atoms with van der Waals surface area (Å²) in [5, 5.41) is 20.3. The van der Waals surface area contributed by atoms with Gasteiger partial charge in [-0.15, -0.1) is 0 Å². The Kier molecular flexibility index (Phi) is 5.17. The number of aromatic nitrogens is 2. The molecule has 1 N–H and O–H groups in total. The Morgan fingerprint density at radius 2 is 1.96 bits per heavy atom. The predicted octanol–water partition coefficient (Wildman–Crippen LogP) is 1.83. The molecule has 0 saturated carbocycles. The highest BCUT2D eigenvalue weighted by atomic mass is 79.9. The number of aryl methyl sites for hydroxylation is 1. The van der Waals surface area contributed by atoms with Crippen molar-refractivity contribution in [3.63, 3.8) is 0 Å². The summed E-state index contributed by atoms with van der Waals surface area (Å²) in [7, 11) is -3.77. The van der Waals surface area contributed by atoms with Crippen LogP contribution >= 0.6 is 15.9 Å². The number of aliphatic hydroxyl groups is 1. The molecule has 0 spiro atoms. The summed E-state index contributed by atoms with van der Waals surface area (Å²) in [5.74, 6) is -0.700. The van der Waals surface area contributed by atoms with Crippen molar-refractivity contribution in [1.82, 2.24) is 9.55 Å². The van der Waals surface area contributed by atoms with E-state index in [1.54, 1.807) is 12.1 Å². The van der Waals surface area contributed by atoms with Crippen molar-refractivity contribution in [2.75, 3.05) is 6.61 Å². The van der Waals surface area contributed by atoms with Gasteiger partial charge in [0, 0.05) is 11.4 Å². The van der Waals surface area contributed by atoms with Crippen LogP contribution in [0.25, 0.3) is 0 Å². The van der Waals surface area contributed by atoms with Crippen molar-refractivity contribution in [3.8, 4) is 0 Å². The highest BCUT2D eigenvalue weighted by molar-refractivity contribution is 9.10. The zero-order chi connectivity index (χ0) is 17.2. The molecule has 2 rings (SSSR count). The normalized spacial score (nSPS) is 11.6. The zero-order valence-corrected chi connectivity index (χ0v) is 14.5. The predicted molar refractivity (Wildman–Crippen MR) is 85.7 cm³/mol. The van der Waals surface area contributed by atoms with Crippen LogP contribution in [0.1, 0.15) is 11.5 Å². The van der Waals surface area contributed by atoms with Crippen molar-refractivity contribution >= 4 is 31.6 Å². The summed E-state index contributed by atoms with van der Waals surface area (Å²) in [4.78, 5) is 14.6. The van der Waals surface area contributed by atoms with Crippen LogP contribution in [0.3, 0.4) is 0 Å². The molecule has 0 aliphatic heterocycles. The first-order valence-corrected chi connectivity index (χ1v) is 9.00. The van der Waals surface area contributed by atoms with Crippen molar-refractivity contribution in [1.29, 1.82) is 0 Å². The molecule has 23 heavy (non-hydrogen) atoms. The molecule has 0 atom stereocenters. The molecule has 0 amide bonds. The molecular formula is C13H14BrN3O5S. The monoisotopic (exact) mass is 403 g/mol. The second-order valence-corrected chi connectivity index (χ2v) is 7.68. The van der Waals surface area contributed by atoms with Gasteiger partial charge in [-0.05, 0) is 29.2 Å². The van der Waals surface area contributed by atoms with E-state index < -0.39 is 26.3 Å². The maximum Gasteiger partial charge on any atom is 0.347 e. The molecule has 2 aromatic rings. The lowest BCUT2D eigenvalue weighted by Crippen LogP contribution is -2.10. The van der Waals surface area contributed by atoms with Gasteiger partial charge in [0.25, 0.3) is 0 Å². The van der Waals surface area contributed by atoms with Crippen LogP contribution in [0.4, 0.5) is 5.82 Å². The minimum Gasteiger partial charge on any atom is -0.392 e. The van der Waals surface area contributed by atoms with Crippen molar-refractivity contribution in [2.24, 2.45) is 0 Å². The number of imidazole rings is 1. The highest BCUT2D eigenvalue weighted by Crippen LogP contribution is 2.25. The van der Waals surface area contributed by atoms with Gasteiger partial charge in [0.15, 0.2) is 21.4 Å². The van der Waals surface area contributed by atoms with Crippen LogP contribution in [0.5, 0.6) is 0 Å². The van der Waals surface area contributed by atoms with E-state index in [4.69, 9.17) is 5.11 Å². The largest absolute Gasteiger partial charge is 0.392 e. The number of sulfone groups is 1. The Bertz CT molecular complexity index is 830. The van der Waals surface area contributed by atoms with E-state index in [9.17, 15) is 18.5 Å². The molecule has 10 heteroatoms. The van der Waals surface area contributed by atoms with Gasteiger partial charge in [0.2, 0.25) is 0 Å². The summed E-state index contributed by atoms with van der Waals surface area (Å²) < 4.78 is 26.8. The number of rotatable bonds is 6. The van der Waals surface area contributed by atoms with Gasteiger partial charge in [-0.2, -0.15) is 0 Å². The fraction of sp³-hybridized carbons (Fsp3) is 0.308. The maximum absolute atomic E-state index is 12.4. The molecule has 1 aromatic carbocycles. The first kappa shape index (κ1) is 17.6. The third-order valence-corrected chi connectivity index (χ3v) is 5.37. The van der Waals surface area contributed by atoms with Gasteiger partial charge >= 0.3 is 5.82 Å². The topological polar surface area (TPSA) is 115 Å². The number of nitrogens with zero attached hydrogens (tertiary/aromatic N) is 3. The summed E-state index contributed by atoms with van der Waals surface area (Å²) >= 11 is 3.22. The van der Waals surface area contributed by atoms with E-state index in [0.717, 1.165) is 4.47 Å². The van der Waals surface area contributed by atoms with Gasteiger partial charge in [0.05, 0.1) is 11.5 Å². The first-order chi connectivity index (χ1) is 10.8. The minimum atomic E-state index is -3.77. The van der Waals surface area contributed by atoms with E-state index in [2.05, 4.69) is 20.9 Å². The van der Waals surface area contributed by atoms with Crippen molar-refractivity contribution in [3.05, 3.63) is 50.4 Å². The molecule has 124 valence electrons. The summed E-state index contributed by atoms with van der Waals surface area (Å²) in [6.07, 6.45) is 0. The SMILES string of the molecule is Cc1nc(CS(=O)(=O)c2ccc(Br)cc2)c([N+](=O)[O-])n1CCO. The molecular weight excluding hydrogens is 390 g/mol. The molecule has 1 heterocycles. The summed E-state index contributed by atoms with van der Waals surface area (Å²) in [6.45, 7) is 1.20. The van der Waals surface area contributed by atoms with Crippen LogP contribution in [0, 0.1) is 17.0 Å². The maximum atomic E-state index is 12.4. The van der Waals surface area contributed by atoms with E-state index in [1.165, 1.54) is 23.6 Å². The Labute approximate surface area is 141 Å². The van der Waals surface area contributed by atoms with Crippen LogP contribution in [-0.4, -0.2) is 34.6 Å². The number of benzene rings is 1. The zero-order valence-electron chi connectivity index (χ0n) is 12.1. The second kappa shape index (κ2) is 6.77. The Morgan fingerprint density at radius 3 is 2.48 bits per heavy atom. The van der Waals surface area contributed by atoms with Gasteiger partial charge in [-0.1, -0.05) is 15.9 Å². The fourth-order valence-corrected chi connectivity index (χ4v) is 3.72. The lowest BCUT2D eigenvalue weighted by Gasteiger charge is -2.04. The van der Waals surface area contributed by atoms with Crippen molar-refractivity contribution < 1.29 is 18.4 Å². The van der Waals surface area contributed by atoms with E-state index in [-0.39, 0.29) is 29.6 Å². The quantitative estimate of drug-likeness (QED) is 0.580. The van der Waals surface area contributed by atoms with Gasteiger partial charge in [-0.25, -0.2) is 18.0 Å². The number of aliphatic hydroxyl groups excluding tert-OH is 1. The van der Waals surface area contributed by atoms with E-state index >= 15 is 0 Å². The number of halogens is 1. The molecule has 0 aliphatic carbocycles. The lowest BCUT2D eigenvalue weighted by atomic mass is 10.4. The lowest BCUT2D eigenvalue weighted by molar-refractivity contribution is -0.392. The van der Waals surface area contributed by atoms with Crippen LogP contribution < -0.4 is 0 Å². The Hall–Kier alpha value is -1.78. The summed E-state index contributed by atoms with van der Waals surface area (Å²) in [5.41, 5.74) is -0.135. The van der Waals surface area contributed by atoms with Gasteiger partial charge in [0.1, 0.15) is 12.3 Å². The smallest absolute Gasteiger partial charge is 0.347 e. The second-order valence-electron chi connectivity index (χ2n) is 4.77. The molecule has 0 aliphatic rings. The standard InChI is InChI=1S/C13H14BrN3O5S/c1-9-15-12(13(17(19)20)16(9)6-7-18)8-23(21,22)11-4-2-10(14)3-5-11/h2-5,18H,6-8H2,1H3. The van der Waals surface area contributed by atoms with Crippen LogP contribution in [0.2, 0.25) is 0 Å². The average Bonchev–Trinajstić information content (AvgIpc) is 2.75. The Morgan fingerprint density at radius 1 is 1.35 bits per heavy atom. The first-order valence-electron chi connectivity index (χ1n) is 6.56. The third-order valence-electron chi connectivity index (χ3n) is 3.20. The average molecular weight is 404 g/mol. The highest BCUT2D eigenvalue weighted by Gasteiger charge is 2.29. The van der Waals surface area contributed by atoms with E-state index in [1.807, 2.05) is 0 Å². The number of nitro groups is 1. The number of hydrogen-bond acceptors (Lipinski definition) is 6. The van der Waals surface area contributed by atoms with Gasteiger partial charge < -0.3 is 15.2 Å². The Balaban J connectivity index is 2.45. The van der Waals surface area contributed by atoms with Gasteiger partial charge in [-0.3, -0.25) is 0 Å². The van der Waals surface area contributed by atoms with E-state index in [0.29, 0.717) is 0 Å².